The summed E-state index contributed by atoms with van der Waals surface area (Å²) in [5.41, 5.74) is 2.95. The summed E-state index contributed by atoms with van der Waals surface area (Å²) in [5.74, 6) is -0.000556. The lowest BCUT2D eigenvalue weighted by atomic mass is 10.1. The molecule has 2 rings (SSSR count). The maximum atomic E-state index is 12.2. The first kappa shape index (κ1) is 19.6. The molecule has 5 nitrogen and oxygen atoms in total. The summed E-state index contributed by atoms with van der Waals surface area (Å²) in [7, 11) is 0. The number of anilines is 2. The highest BCUT2D eigenvalue weighted by Gasteiger charge is 2.10. The van der Waals surface area contributed by atoms with Gasteiger partial charge in [0.15, 0.2) is 5.11 Å². The minimum atomic E-state index is -0.161. The van der Waals surface area contributed by atoms with Crippen molar-refractivity contribution < 1.29 is 9.59 Å². The number of hydrogen-bond acceptors (Lipinski definition) is 3. The molecule has 0 radical (unpaired) electrons. The number of amides is 2. The highest BCUT2D eigenvalue weighted by atomic mass is 32.1. The lowest BCUT2D eigenvalue weighted by Gasteiger charge is -2.13. The minimum absolute atomic E-state index is 0.110. The van der Waals surface area contributed by atoms with Crippen LogP contribution in [0.2, 0.25) is 0 Å². The normalized spacial score (nSPS) is 10.3. The van der Waals surface area contributed by atoms with Crippen LogP contribution in [0.1, 0.15) is 36.2 Å². The predicted octanol–water partition coefficient (Wildman–Crippen LogP) is 4.11. The van der Waals surface area contributed by atoms with E-state index in [0.29, 0.717) is 12.0 Å². The topological polar surface area (TPSA) is 70.2 Å². The van der Waals surface area contributed by atoms with Crippen LogP contribution in [-0.4, -0.2) is 16.9 Å². The smallest absolute Gasteiger partial charge is 0.255 e. The Morgan fingerprint density at radius 3 is 2.35 bits per heavy atom. The van der Waals surface area contributed by atoms with Crippen LogP contribution < -0.4 is 16.0 Å². The molecule has 0 unspecified atom stereocenters. The fourth-order valence-corrected chi connectivity index (χ4v) is 2.61. The van der Waals surface area contributed by atoms with Crippen molar-refractivity contribution in [2.24, 2.45) is 5.92 Å². The number of hydrogen-bond donors (Lipinski definition) is 3. The van der Waals surface area contributed by atoms with Crippen molar-refractivity contribution in [2.75, 3.05) is 10.6 Å². The van der Waals surface area contributed by atoms with Crippen LogP contribution in [0.25, 0.3) is 0 Å². The van der Waals surface area contributed by atoms with E-state index in [-0.39, 0.29) is 22.8 Å². The van der Waals surface area contributed by atoms with Crippen LogP contribution >= 0.6 is 12.2 Å². The van der Waals surface area contributed by atoms with Gasteiger partial charge in [0.2, 0.25) is 5.91 Å². The van der Waals surface area contributed by atoms with Gasteiger partial charge in [0.1, 0.15) is 0 Å². The Kier molecular flexibility index (Phi) is 6.86. The number of benzene rings is 2. The Balaban J connectivity index is 1.97. The summed E-state index contributed by atoms with van der Waals surface area (Å²) >= 11 is 5.16. The van der Waals surface area contributed by atoms with Gasteiger partial charge < -0.3 is 16.0 Å². The van der Waals surface area contributed by atoms with Gasteiger partial charge >= 0.3 is 0 Å². The van der Waals surface area contributed by atoms with Gasteiger partial charge in [-0.25, -0.2) is 0 Å². The van der Waals surface area contributed by atoms with E-state index < -0.39 is 0 Å². The molecule has 0 fully saturated rings. The zero-order valence-electron chi connectivity index (χ0n) is 15.1. The molecular formula is C20H23N3O2S. The summed E-state index contributed by atoms with van der Waals surface area (Å²) < 4.78 is 0. The number of nitrogens with one attached hydrogen (secondary N) is 3. The van der Waals surface area contributed by atoms with Crippen molar-refractivity contribution in [3.63, 3.8) is 0 Å². The molecule has 0 saturated carbocycles. The zero-order valence-corrected chi connectivity index (χ0v) is 15.9. The van der Waals surface area contributed by atoms with E-state index in [2.05, 4.69) is 16.0 Å². The van der Waals surface area contributed by atoms with Crippen LogP contribution in [0.4, 0.5) is 11.4 Å². The number of thiocarbonyl (C=S) groups is 1. The first-order chi connectivity index (χ1) is 12.3. The zero-order chi connectivity index (χ0) is 19.1. The van der Waals surface area contributed by atoms with Gasteiger partial charge in [0, 0.05) is 23.4 Å². The highest BCUT2D eigenvalue weighted by Crippen LogP contribution is 2.20. The summed E-state index contributed by atoms with van der Waals surface area (Å²) in [5, 5.41) is 8.80. The van der Waals surface area contributed by atoms with E-state index in [1.807, 2.05) is 45.0 Å². The second-order valence-corrected chi connectivity index (χ2v) is 6.86. The Morgan fingerprint density at radius 1 is 1.04 bits per heavy atom. The lowest BCUT2D eigenvalue weighted by molar-refractivity contribution is -0.120. The SMILES string of the molecule is Cc1cc(NC(=S)NC(=O)CC(C)C)ccc1NC(=O)c1ccccc1. The van der Waals surface area contributed by atoms with Gasteiger partial charge in [-0.05, 0) is 61.0 Å². The van der Waals surface area contributed by atoms with Crippen molar-refractivity contribution in [3.8, 4) is 0 Å². The maximum Gasteiger partial charge on any atom is 0.255 e. The van der Waals surface area contributed by atoms with E-state index in [4.69, 9.17) is 12.2 Å². The molecule has 2 aromatic carbocycles. The molecule has 0 heterocycles. The van der Waals surface area contributed by atoms with E-state index in [1.165, 1.54) is 0 Å². The van der Waals surface area contributed by atoms with Crippen molar-refractivity contribution in [1.82, 2.24) is 5.32 Å². The fourth-order valence-electron chi connectivity index (χ4n) is 2.38. The summed E-state index contributed by atoms with van der Waals surface area (Å²) in [6.07, 6.45) is 0.422. The van der Waals surface area contributed by atoms with E-state index in [1.54, 1.807) is 24.3 Å². The molecule has 0 aliphatic heterocycles. The molecule has 0 atom stereocenters. The summed E-state index contributed by atoms with van der Waals surface area (Å²) in [4.78, 5) is 24.0. The van der Waals surface area contributed by atoms with Crippen LogP contribution in [0, 0.1) is 12.8 Å². The third-order valence-corrected chi connectivity index (χ3v) is 3.82. The Labute approximate surface area is 159 Å². The third-order valence-electron chi connectivity index (χ3n) is 3.62. The Morgan fingerprint density at radius 2 is 1.73 bits per heavy atom. The van der Waals surface area contributed by atoms with Crippen molar-refractivity contribution in [2.45, 2.75) is 27.2 Å². The number of aryl methyl sites for hydroxylation is 1. The van der Waals surface area contributed by atoms with Gasteiger partial charge in [-0.3, -0.25) is 9.59 Å². The van der Waals surface area contributed by atoms with Gasteiger partial charge in [-0.15, -0.1) is 0 Å². The van der Waals surface area contributed by atoms with Crippen LogP contribution in [0.3, 0.4) is 0 Å². The highest BCUT2D eigenvalue weighted by molar-refractivity contribution is 7.80. The van der Waals surface area contributed by atoms with Crippen molar-refractivity contribution in [3.05, 3.63) is 59.7 Å². The molecule has 0 bridgehead atoms. The van der Waals surface area contributed by atoms with Crippen molar-refractivity contribution in [1.29, 1.82) is 0 Å². The summed E-state index contributed by atoms with van der Waals surface area (Å²) in [6.45, 7) is 5.84. The largest absolute Gasteiger partial charge is 0.332 e. The average Bonchev–Trinajstić information content (AvgIpc) is 2.57. The van der Waals surface area contributed by atoms with E-state index in [0.717, 1.165) is 16.9 Å². The maximum absolute atomic E-state index is 12.2. The molecule has 136 valence electrons. The molecular weight excluding hydrogens is 346 g/mol. The number of carbonyl (C=O) groups excluding carboxylic acids is 2. The minimum Gasteiger partial charge on any atom is -0.332 e. The van der Waals surface area contributed by atoms with E-state index >= 15 is 0 Å². The van der Waals surface area contributed by atoms with Crippen LogP contribution in [-0.2, 0) is 4.79 Å². The first-order valence-corrected chi connectivity index (χ1v) is 8.84. The molecule has 2 aromatic rings. The molecule has 0 aliphatic carbocycles. The molecule has 0 saturated heterocycles. The average molecular weight is 369 g/mol. The van der Waals surface area contributed by atoms with Gasteiger partial charge in [0.25, 0.3) is 5.91 Å². The molecule has 0 aromatic heterocycles. The second-order valence-electron chi connectivity index (χ2n) is 6.45. The van der Waals surface area contributed by atoms with Gasteiger partial charge in [-0.1, -0.05) is 32.0 Å². The van der Waals surface area contributed by atoms with Gasteiger partial charge in [0.05, 0.1) is 0 Å². The standard InChI is InChI=1S/C20H23N3O2S/c1-13(2)11-18(24)23-20(26)21-16-9-10-17(14(3)12-16)22-19(25)15-7-5-4-6-8-15/h4-10,12-13H,11H2,1-3H3,(H,22,25)(H2,21,23,24,26). The predicted molar refractivity (Wildman–Crippen MR) is 109 cm³/mol. The summed E-state index contributed by atoms with van der Waals surface area (Å²) in [6, 6.07) is 14.5. The molecule has 0 aliphatic rings. The number of rotatable bonds is 5. The second kappa shape index (κ2) is 9.10. The Bertz CT molecular complexity index is 804. The third kappa shape index (κ3) is 5.97. The van der Waals surface area contributed by atoms with Crippen molar-refractivity contribution >= 4 is 40.5 Å². The molecule has 2 amide bonds. The molecule has 3 N–H and O–H groups in total. The Hall–Kier alpha value is -2.73. The molecule has 6 heteroatoms. The monoisotopic (exact) mass is 369 g/mol. The quantitative estimate of drug-likeness (QED) is 0.694. The molecule has 26 heavy (non-hydrogen) atoms. The number of carbonyl (C=O) groups is 2. The van der Waals surface area contributed by atoms with Crippen LogP contribution in [0.15, 0.2) is 48.5 Å². The van der Waals surface area contributed by atoms with Gasteiger partial charge in [-0.2, -0.15) is 0 Å². The lowest BCUT2D eigenvalue weighted by Crippen LogP contribution is -2.34. The molecule has 0 spiro atoms. The van der Waals surface area contributed by atoms with Crippen LogP contribution in [0.5, 0.6) is 0 Å². The van der Waals surface area contributed by atoms with E-state index in [9.17, 15) is 9.59 Å². The first-order valence-electron chi connectivity index (χ1n) is 8.43. The fraction of sp³-hybridized carbons (Fsp3) is 0.250.